The van der Waals surface area contributed by atoms with Crippen LogP contribution in [0.2, 0.25) is 10.2 Å². The van der Waals surface area contributed by atoms with Crippen molar-refractivity contribution in [2.45, 2.75) is 0 Å². The molecule has 0 saturated heterocycles. The predicted octanol–water partition coefficient (Wildman–Crippen LogP) is 3.94. The van der Waals surface area contributed by atoms with Gasteiger partial charge in [0.1, 0.15) is 11.0 Å². The molecular weight excluding hydrogens is 269 g/mol. The van der Waals surface area contributed by atoms with E-state index in [0.717, 1.165) is 22.4 Å². The summed E-state index contributed by atoms with van der Waals surface area (Å²) in [4.78, 5) is 8.52. The SMILES string of the molecule is Cn1c(-c2cc(Cl)ncc2Cl)nc2ccccc21. The van der Waals surface area contributed by atoms with Gasteiger partial charge in [0.15, 0.2) is 0 Å². The van der Waals surface area contributed by atoms with Crippen LogP contribution < -0.4 is 0 Å². The van der Waals surface area contributed by atoms with E-state index < -0.39 is 0 Å². The lowest BCUT2D eigenvalue weighted by Crippen LogP contribution is -1.93. The number of halogens is 2. The summed E-state index contributed by atoms with van der Waals surface area (Å²) in [7, 11) is 1.95. The number of imidazole rings is 1. The van der Waals surface area contributed by atoms with Crippen molar-refractivity contribution >= 4 is 34.2 Å². The third-order valence-electron chi connectivity index (χ3n) is 2.85. The highest BCUT2D eigenvalue weighted by atomic mass is 35.5. The van der Waals surface area contributed by atoms with Crippen LogP contribution in [0.25, 0.3) is 22.4 Å². The molecule has 0 fully saturated rings. The second-order valence-corrected chi connectivity index (χ2v) is 4.76. The summed E-state index contributed by atoms with van der Waals surface area (Å²) in [5.74, 6) is 0.783. The molecule has 2 aromatic heterocycles. The van der Waals surface area contributed by atoms with Crippen molar-refractivity contribution in [3.8, 4) is 11.4 Å². The topological polar surface area (TPSA) is 30.7 Å². The largest absolute Gasteiger partial charge is 0.327 e. The third-order valence-corrected chi connectivity index (χ3v) is 3.36. The molecular formula is C13H9Cl2N3. The molecule has 3 aromatic rings. The average Bonchev–Trinajstić information content (AvgIpc) is 2.71. The van der Waals surface area contributed by atoms with Gasteiger partial charge in [-0.1, -0.05) is 35.3 Å². The minimum absolute atomic E-state index is 0.404. The molecule has 1 aromatic carbocycles. The standard InChI is InChI=1S/C13H9Cl2N3/c1-18-11-5-3-2-4-10(11)17-13(18)8-6-12(15)16-7-9(8)14/h2-7H,1H3. The number of pyridine rings is 1. The van der Waals surface area contributed by atoms with Crippen LogP contribution in [0.5, 0.6) is 0 Å². The van der Waals surface area contributed by atoms with Crippen LogP contribution in [0.3, 0.4) is 0 Å². The molecule has 18 heavy (non-hydrogen) atoms. The second kappa shape index (κ2) is 4.26. The maximum atomic E-state index is 6.16. The van der Waals surface area contributed by atoms with Gasteiger partial charge in [-0.05, 0) is 18.2 Å². The van der Waals surface area contributed by atoms with Gasteiger partial charge >= 0.3 is 0 Å². The molecule has 0 saturated carbocycles. The third kappa shape index (κ3) is 1.76. The molecule has 5 heteroatoms. The van der Waals surface area contributed by atoms with E-state index in [1.165, 1.54) is 0 Å². The van der Waals surface area contributed by atoms with Crippen LogP contribution in [0, 0.1) is 0 Å². The Labute approximate surface area is 114 Å². The van der Waals surface area contributed by atoms with E-state index in [1.54, 1.807) is 12.3 Å². The summed E-state index contributed by atoms with van der Waals surface area (Å²) in [6.45, 7) is 0. The van der Waals surface area contributed by atoms with Crippen LogP contribution in [0.4, 0.5) is 0 Å². The normalized spacial score (nSPS) is 11.1. The Morgan fingerprint density at radius 2 is 1.94 bits per heavy atom. The van der Waals surface area contributed by atoms with Crippen molar-refractivity contribution in [2.75, 3.05) is 0 Å². The van der Waals surface area contributed by atoms with Gasteiger partial charge in [0.25, 0.3) is 0 Å². The van der Waals surface area contributed by atoms with Crippen molar-refractivity contribution in [1.29, 1.82) is 0 Å². The van der Waals surface area contributed by atoms with Crippen molar-refractivity contribution in [3.63, 3.8) is 0 Å². The summed E-state index contributed by atoms with van der Waals surface area (Å²) < 4.78 is 1.99. The minimum atomic E-state index is 0.404. The quantitative estimate of drug-likeness (QED) is 0.631. The van der Waals surface area contributed by atoms with Crippen LogP contribution >= 0.6 is 23.2 Å². The Kier molecular flexibility index (Phi) is 2.73. The lowest BCUT2D eigenvalue weighted by atomic mass is 10.2. The van der Waals surface area contributed by atoms with E-state index in [1.807, 2.05) is 35.9 Å². The van der Waals surface area contributed by atoms with Gasteiger partial charge in [-0.25, -0.2) is 9.97 Å². The zero-order chi connectivity index (χ0) is 12.7. The minimum Gasteiger partial charge on any atom is -0.327 e. The van der Waals surface area contributed by atoms with Crippen LogP contribution in [0.1, 0.15) is 0 Å². The average molecular weight is 278 g/mol. The van der Waals surface area contributed by atoms with Crippen LogP contribution in [-0.2, 0) is 7.05 Å². The van der Waals surface area contributed by atoms with Crippen molar-refractivity contribution in [2.24, 2.45) is 7.05 Å². The maximum Gasteiger partial charge on any atom is 0.142 e. The summed E-state index contributed by atoms with van der Waals surface area (Å²) in [6.07, 6.45) is 1.54. The Balaban J connectivity index is 2.31. The van der Waals surface area contributed by atoms with Gasteiger partial charge < -0.3 is 4.57 Å². The summed E-state index contributed by atoms with van der Waals surface area (Å²) in [5.41, 5.74) is 2.77. The fourth-order valence-electron chi connectivity index (χ4n) is 1.97. The number of aryl methyl sites for hydroxylation is 1. The Morgan fingerprint density at radius 3 is 2.72 bits per heavy atom. The number of nitrogens with zero attached hydrogens (tertiary/aromatic N) is 3. The molecule has 2 heterocycles. The Bertz CT molecular complexity index is 734. The van der Waals surface area contributed by atoms with Gasteiger partial charge in [-0.3, -0.25) is 0 Å². The molecule has 0 aliphatic carbocycles. The number of fused-ring (bicyclic) bond motifs is 1. The summed E-state index contributed by atoms with van der Waals surface area (Å²) in [5, 5.41) is 0.944. The molecule has 0 unspecified atom stereocenters. The Hall–Kier alpha value is -1.58. The molecule has 0 aliphatic rings. The lowest BCUT2D eigenvalue weighted by Gasteiger charge is -2.04. The fourth-order valence-corrected chi connectivity index (χ4v) is 2.32. The molecule has 0 atom stereocenters. The highest BCUT2D eigenvalue weighted by Gasteiger charge is 2.13. The monoisotopic (exact) mass is 277 g/mol. The molecule has 0 amide bonds. The van der Waals surface area contributed by atoms with Crippen LogP contribution in [-0.4, -0.2) is 14.5 Å². The number of rotatable bonds is 1. The number of benzene rings is 1. The highest BCUT2D eigenvalue weighted by Crippen LogP contribution is 2.30. The van der Waals surface area contributed by atoms with E-state index in [-0.39, 0.29) is 0 Å². The zero-order valence-electron chi connectivity index (χ0n) is 9.56. The van der Waals surface area contributed by atoms with Crippen molar-refractivity contribution in [3.05, 3.63) is 46.7 Å². The summed E-state index contributed by atoms with van der Waals surface area (Å²) in [6, 6.07) is 9.65. The number of para-hydroxylation sites is 2. The fraction of sp³-hybridized carbons (Fsp3) is 0.0769. The van der Waals surface area contributed by atoms with E-state index in [4.69, 9.17) is 23.2 Å². The first kappa shape index (κ1) is 11.5. The molecule has 0 aliphatic heterocycles. The van der Waals surface area contributed by atoms with Gasteiger partial charge in [-0.2, -0.15) is 0 Å². The van der Waals surface area contributed by atoms with E-state index >= 15 is 0 Å². The van der Waals surface area contributed by atoms with Gasteiger partial charge in [0.05, 0.1) is 16.1 Å². The second-order valence-electron chi connectivity index (χ2n) is 3.97. The molecule has 3 nitrogen and oxygen atoms in total. The molecule has 0 radical (unpaired) electrons. The number of hydrogen-bond acceptors (Lipinski definition) is 2. The first-order valence-electron chi connectivity index (χ1n) is 5.39. The van der Waals surface area contributed by atoms with E-state index in [0.29, 0.717) is 10.2 Å². The molecule has 90 valence electrons. The smallest absolute Gasteiger partial charge is 0.142 e. The van der Waals surface area contributed by atoms with Crippen molar-refractivity contribution < 1.29 is 0 Å². The van der Waals surface area contributed by atoms with Gasteiger partial charge in [-0.15, -0.1) is 0 Å². The van der Waals surface area contributed by atoms with Crippen molar-refractivity contribution in [1.82, 2.24) is 14.5 Å². The van der Waals surface area contributed by atoms with E-state index in [2.05, 4.69) is 9.97 Å². The first-order chi connectivity index (χ1) is 8.66. The highest BCUT2D eigenvalue weighted by molar-refractivity contribution is 6.34. The summed E-state index contributed by atoms with van der Waals surface area (Å²) >= 11 is 12.1. The Morgan fingerprint density at radius 1 is 1.17 bits per heavy atom. The predicted molar refractivity (Wildman–Crippen MR) is 74.0 cm³/mol. The van der Waals surface area contributed by atoms with Gasteiger partial charge in [0.2, 0.25) is 0 Å². The maximum absolute atomic E-state index is 6.16. The lowest BCUT2D eigenvalue weighted by molar-refractivity contribution is 0.958. The first-order valence-corrected chi connectivity index (χ1v) is 6.15. The molecule has 3 rings (SSSR count). The van der Waals surface area contributed by atoms with Crippen LogP contribution in [0.15, 0.2) is 36.5 Å². The molecule has 0 N–H and O–H groups in total. The number of hydrogen-bond donors (Lipinski definition) is 0. The number of aromatic nitrogens is 3. The molecule has 0 bridgehead atoms. The van der Waals surface area contributed by atoms with Gasteiger partial charge in [0, 0.05) is 18.8 Å². The molecule has 0 spiro atoms. The van der Waals surface area contributed by atoms with E-state index in [9.17, 15) is 0 Å². The zero-order valence-corrected chi connectivity index (χ0v) is 11.1.